The lowest BCUT2D eigenvalue weighted by atomic mass is 10.2. The Morgan fingerprint density at radius 1 is 1.46 bits per heavy atom. The van der Waals surface area contributed by atoms with E-state index in [0.29, 0.717) is 10.0 Å². The molecule has 0 radical (unpaired) electrons. The molecular formula is C7H7BrClNO2S. The van der Waals surface area contributed by atoms with Crippen LogP contribution in [0.2, 0.25) is 5.02 Å². The van der Waals surface area contributed by atoms with Gasteiger partial charge < -0.3 is 0 Å². The molecule has 2 N–H and O–H groups in total. The van der Waals surface area contributed by atoms with Gasteiger partial charge in [0.15, 0.2) is 0 Å². The standard InChI is InChI=1S/C7H7BrClNO2S/c1-4-2-3-5(8)6(9)7(4)13(10,11)12/h2-3H,1H3,(H2,10,11,12). The van der Waals surface area contributed by atoms with E-state index in [-0.39, 0.29) is 9.92 Å². The molecule has 0 unspecified atom stereocenters. The van der Waals surface area contributed by atoms with E-state index in [1.807, 2.05) is 0 Å². The SMILES string of the molecule is Cc1ccc(Br)c(Cl)c1S(N)(=O)=O. The monoisotopic (exact) mass is 283 g/mol. The van der Waals surface area contributed by atoms with Crippen LogP contribution in [0.3, 0.4) is 0 Å². The van der Waals surface area contributed by atoms with Gasteiger partial charge in [-0.2, -0.15) is 0 Å². The number of halogens is 2. The van der Waals surface area contributed by atoms with Crippen LogP contribution in [-0.4, -0.2) is 8.42 Å². The fourth-order valence-electron chi connectivity index (χ4n) is 0.978. The summed E-state index contributed by atoms with van der Waals surface area (Å²) in [5.74, 6) is 0. The second-order valence-electron chi connectivity index (χ2n) is 2.55. The Hall–Kier alpha value is -0.100. The second-order valence-corrected chi connectivity index (χ2v) is 5.28. The third kappa shape index (κ3) is 2.22. The van der Waals surface area contributed by atoms with Gasteiger partial charge in [0.1, 0.15) is 4.90 Å². The van der Waals surface area contributed by atoms with Crippen LogP contribution in [0.25, 0.3) is 0 Å². The quantitative estimate of drug-likeness (QED) is 0.858. The first-order valence-electron chi connectivity index (χ1n) is 3.31. The minimum Gasteiger partial charge on any atom is -0.225 e. The Bertz CT molecular complexity index is 444. The molecule has 0 aliphatic heterocycles. The smallest absolute Gasteiger partial charge is 0.225 e. The van der Waals surface area contributed by atoms with Gasteiger partial charge in [0, 0.05) is 4.47 Å². The molecule has 0 atom stereocenters. The van der Waals surface area contributed by atoms with Crippen LogP contribution in [0, 0.1) is 6.92 Å². The lowest BCUT2D eigenvalue weighted by molar-refractivity contribution is 0.597. The summed E-state index contributed by atoms with van der Waals surface area (Å²) >= 11 is 8.90. The van der Waals surface area contributed by atoms with Crippen LogP contribution in [-0.2, 0) is 10.0 Å². The van der Waals surface area contributed by atoms with Gasteiger partial charge in [-0.25, -0.2) is 13.6 Å². The van der Waals surface area contributed by atoms with E-state index in [9.17, 15) is 8.42 Å². The summed E-state index contributed by atoms with van der Waals surface area (Å²) in [5.41, 5.74) is 0.538. The Morgan fingerprint density at radius 2 is 2.00 bits per heavy atom. The Morgan fingerprint density at radius 3 is 2.38 bits per heavy atom. The minimum absolute atomic E-state index is 0.0245. The van der Waals surface area contributed by atoms with E-state index in [2.05, 4.69) is 15.9 Å². The van der Waals surface area contributed by atoms with Crippen molar-refractivity contribution in [3.05, 3.63) is 27.2 Å². The van der Waals surface area contributed by atoms with Crippen molar-refractivity contribution < 1.29 is 8.42 Å². The first kappa shape index (κ1) is 11.0. The fraction of sp³-hybridized carbons (Fsp3) is 0.143. The Balaban J connectivity index is 3.62. The maximum atomic E-state index is 11.1. The zero-order chi connectivity index (χ0) is 10.2. The van der Waals surface area contributed by atoms with Gasteiger partial charge in [-0.3, -0.25) is 0 Å². The van der Waals surface area contributed by atoms with Crippen LogP contribution in [0.5, 0.6) is 0 Å². The number of nitrogens with two attached hydrogens (primary N) is 1. The first-order chi connectivity index (χ1) is 5.84. The number of sulfonamides is 1. The summed E-state index contributed by atoms with van der Waals surface area (Å²) < 4.78 is 22.7. The van der Waals surface area contributed by atoms with Crippen molar-refractivity contribution in [3.63, 3.8) is 0 Å². The predicted octanol–water partition coefficient (Wildman–Crippen LogP) is 2.06. The summed E-state index contributed by atoms with van der Waals surface area (Å²) in [7, 11) is -3.75. The van der Waals surface area contributed by atoms with Crippen molar-refractivity contribution in [1.29, 1.82) is 0 Å². The van der Waals surface area contributed by atoms with Crippen molar-refractivity contribution in [1.82, 2.24) is 0 Å². The van der Waals surface area contributed by atoms with Crippen molar-refractivity contribution in [2.45, 2.75) is 11.8 Å². The zero-order valence-corrected chi connectivity index (χ0v) is 9.87. The lowest BCUT2D eigenvalue weighted by Crippen LogP contribution is -2.14. The molecule has 0 aromatic heterocycles. The Labute approximate surface area is 90.1 Å². The number of rotatable bonds is 1. The highest BCUT2D eigenvalue weighted by Crippen LogP contribution is 2.31. The van der Waals surface area contributed by atoms with Crippen molar-refractivity contribution >= 4 is 37.6 Å². The molecule has 0 amide bonds. The van der Waals surface area contributed by atoms with Gasteiger partial charge in [0.25, 0.3) is 0 Å². The highest BCUT2D eigenvalue weighted by Gasteiger charge is 2.17. The summed E-state index contributed by atoms with van der Waals surface area (Å²) in [6.45, 7) is 1.64. The number of aryl methyl sites for hydroxylation is 1. The number of primary sulfonamides is 1. The summed E-state index contributed by atoms with van der Waals surface area (Å²) in [5, 5.41) is 5.12. The highest BCUT2D eigenvalue weighted by atomic mass is 79.9. The van der Waals surface area contributed by atoms with Crippen molar-refractivity contribution in [3.8, 4) is 0 Å². The molecule has 0 spiro atoms. The second kappa shape index (κ2) is 3.57. The fourth-order valence-corrected chi connectivity index (χ4v) is 2.85. The minimum atomic E-state index is -3.75. The molecule has 6 heteroatoms. The molecule has 0 heterocycles. The van der Waals surface area contributed by atoms with E-state index in [0.717, 1.165) is 0 Å². The average molecular weight is 285 g/mol. The van der Waals surface area contributed by atoms with Gasteiger partial charge in [0.2, 0.25) is 10.0 Å². The number of hydrogen-bond donors (Lipinski definition) is 1. The molecule has 0 fully saturated rings. The molecule has 0 saturated heterocycles. The third-order valence-electron chi connectivity index (χ3n) is 1.53. The summed E-state index contributed by atoms with van der Waals surface area (Å²) in [4.78, 5) is -0.0245. The molecule has 0 aliphatic rings. The van der Waals surface area contributed by atoms with Crippen LogP contribution in [0.15, 0.2) is 21.5 Å². The van der Waals surface area contributed by atoms with Gasteiger partial charge in [-0.05, 0) is 34.5 Å². The Kier molecular flexibility index (Phi) is 3.01. The molecule has 1 rings (SSSR count). The largest absolute Gasteiger partial charge is 0.239 e. The number of benzene rings is 1. The molecule has 0 bridgehead atoms. The van der Waals surface area contributed by atoms with Crippen LogP contribution < -0.4 is 5.14 Å². The lowest BCUT2D eigenvalue weighted by Gasteiger charge is -2.06. The molecule has 13 heavy (non-hydrogen) atoms. The van der Waals surface area contributed by atoms with Crippen LogP contribution in [0.4, 0.5) is 0 Å². The summed E-state index contributed by atoms with van der Waals surface area (Å²) in [6, 6.07) is 3.31. The van der Waals surface area contributed by atoms with Crippen LogP contribution >= 0.6 is 27.5 Å². The molecule has 1 aromatic carbocycles. The third-order valence-corrected chi connectivity index (χ3v) is 4.02. The predicted molar refractivity (Wildman–Crippen MR) is 55.3 cm³/mol. The number of hydrogen-bond acceptors (Lipinski definition) is 2. The van der Waals surface area contributed by atoms with Gasteiger partial charge in [-0.1, -0.05) is 17.7 Å². The van der Waals surface area contributed by atoms with Gasteiger partial charge in [0.05, 0.1) is 5.02 Å². The maximum absolute atomic E-state index is 11.1. The normalized spacial score (nSPS) is 11.7. The molecule has 0 aliphatic carbocycles. The first-order valence-corrected chi connectivity index (χ1v) is 6.03. The van der Waals surface area contributed by atoms with Gasteiger partial charge >= 0.3 is 0 Å². The maximum Gasteiger partial charge on any atom is 0.239 e. The van der Waals surface area contributed by atoms with Crippen molar-refractivity contribution in [2.24, 2.45) is 5.14 Å². The van der Waals surface area contributed by atoms with E-state index in [4.69, 9.17) is 16.7 Å². The molecular weight excluding hydrogens is 278 g/mol. The van der Waals surface area contributed by atoms with Crippen molar-refractivity contribution in [2.75, 3.05) is 0 Å². The topological polar surface area (TPSA) is 60.2 Å². The van der Waals surface area contributed by atoms with Gasteiger partial charge in [-0.15, -0.1) is 0 Å². The van der Waals surface area contributed by atoms with E-state index in [1.54, 1.807) is 19.1 Å². The average Bonchev–Trinajstić information content (AvgIpc) is 1.95. The molecule has 1 aromatic rings. The summed E-state index contributed by atoms with van der Waals surface area (Å²) in [6.07, 6.45) is 0. The molecule has 3 nitrogen and oxygen atoms in total. The molecule has 72 valence electrons. The van der Waals surface area contributed by atoms with E-state index < -0.39 is 10.0 Å². The molecule has 0 saturated carbocycles. The zero-order valence-electron chi connectivity index (χ0n) is 6.71. The highest BCUT2D eigenvalue weighted by molar-refractivity contribution is 9.10. The van der Waals surface area contributed by atoms with Crippen LogP contribution in [0.1, 0.15) is 5.56 Å². The van der Waals surface area contributed by atoms with E-state index in [1.165, 1.54) is 0 Å². The van der Waals surface area contributed by atoms with E-state index >= 15 is 0 Å².